The summed E-state index contributed by atoms with van der Waals surface area (Å²) >= 11 is 0. The minimum Gasteiger partial charge on any atom is -0.379 e. The van der Waals surface area contributed by atoms with Gasteiger partial charge in [-0.05, 0) is 63.7 Å². The molecule has 0 aromatic carbocycles. The first-order chi connectivity index (χ1) is 7.54. The molecule has 0 amide bonds. The lowest BCUT2D eigenvalue weighted by molar-refractivity contribution is -0.0544. The topological polar surface area (TPSA) is 9.23 Å². The van der Waals surface area contributed by atoms with E-state index in [9.17, 15) is 0 Å². The van der Waals surface area contributed by atoms with Crippen LogP contribution in [0.15, 0.2) is 11.6 Å². The van der Waals surface area contributed by atoms with Crippen molar-refractivity contribution in [3.05, 3.63) is 11.6 Å². The predicted molar refractivity (Wildman–Crippen MR) is 68.4 cm³/mol. The lowest BCUT2D eigenvalue weighted by Crippen LogP contribution is -2.40. The van der Waals surface area contributed by atoms with E-state index in [1.54, 1.807) is 5.57 Å². The normalized spacial score (nSPS) is 32.1. The van der Waals surface area contributed by atoms with Gasteiger partial charge in [0.25, 0.3) is 0 Å². The molecule has 1 fully saturated rings. The maximum absolute atomic E-state index is 5.67. The molecule has 0 saturated heterocycles. The zero-order chi connectivity index (χ0) is 11.8. The summed E-state index contributed by atoms with van der Waals surface area (Å²) in [5.41, 5.74) is 1.75. The Balaban J connectivity index is 2.10. The van der Waals surface area contributed by atoms with Crippen LogP contribution in [-0.4, -0.2) is 12.7 Å². The third kappa shape index (κ3) is 2.20. The summed E-state index contributed by atoms with van der Waals surface area (Å²) in [7, 11) is 1.85. The molecule has 1 heteroatoms. The van der Waals surface area contributed by atoms with Gasteiger partial charge >= 0.3 is 0 Å². The van der Waals surface area contributed by atoms with Crippen LogP contribution in [0.4, 0.5) is 0 Å². The summed E-state index contributed by atoms with van der Waals surface area (Å²) in [5.74, 6) is 2.41. The molecule has 2 rings (SSSR count). The zero-order valence-electron chi connectivity index (χ0n) is 11.3. The van der Waals surface area contributed by atoms with Gasteiger partial charge in [-0.15, -0.1) is 0 Å². The summed E-state index contributed by atoms with van der Waals surface area (Å²) in [4.78, 5) is 0. The Kier molecular flexibility index (Phi) is 3.44. The van der Waals surface area contributed by atoms with Gasteiger partial charge in [-0.25, -0.2) is 0 Å². The molecule has 2 aliphatic rings. The Morgan fingerprint density at radius 2 is 2.19 bits per heavy atom. The molecule has 0 aliphatic heterocycles. The number of rotatable bonds is 3. The van der Waals surface area contributed by atoms with Crippen LogP contribution in [0.3, 0.4) is 0 Å². The van der Waals surface area contributed by atoms with E-state index in [1.807, 2.05) is 7.11 Å². The second kappa shape index (κ2) is 4.52. The van der Waals surface area contributed by atoms with E-state index >= 15 is 0 Å². The third-order valence-corrected chi connectivity index (χ3v) is 5.15. The molecular formula is C15H26O. The van der Waals surface area contributed by atoms with Crippen molar-refractivity contribution in [2.45, 2.75) is 58.5 Å². The first-order valence-electron chi connectivity index (χ1n) is 6.77. The van der Waals surface area contributed by atoms with Gasteiger partial charge in [0.2, 0.25) is 0 Å². The fraction of sp³-hybridized carbons (Fsp3) is 0.867. The van der Waals surface area contributed by atoms with Crippen LogP contribution in [-0.2, 0) is 4.74 Å². The summed E-state index contributed by atoms with van der Waals surface area (Å²) < 4.78 is 5.67. The van der Waals surface area contributed by atoms with Crippen molar-refractivity contribution in [1.82, 2.24) is 0 Å². The van der Waals surface area contributed by atoms with Crippen molar-refractivity contribution in [3.8, 4) is 0 Å². The van der Waals surface area contributed by atoms with E-state index < -0.39 is 0 Å². The highest BCUT2D eigenvalue weighted by molar-refractivity contribution is 5.12. The van der Waals surface area contributed by atoms with Crippen LogP contribution < -0.4 is 0 Å². The first kappa shape index (κ1) is 12.2. The lowest BCUT2D eigenvalue weighted by atomic mass is 9.65. The van der Waals surface area contributed by atoms with Gasteiger partial charge in [-0.2, -0.15) is 0 Å². The highest BCUT2D eigenvalue weighted by atomic mass is 16.5. The minimum atomic E-state index is 0.0213. The number of hydrogen-bond donors (Lipinski definition) is 0. The minimum absolute atomic E-state index is 0.0213. The number of fused-ring (bicyclic) bond motifs is 2. The highest BCUT2D eigenvalue weighted by Gasteiger charge is 2.38. The van der Waals surface area contributed by atoms with Crippen molar-refractivity contribution in [2.75, 3.05) is 7.11 Å². The molecule has 0 aromatic rings. The van der Waals surface area contributed by atoms with Gasteiger partial charge in [-0.1, -0.05) is 18.6 Å². The summed E-state index contributed by atoms with van der Waals surface area (Å²) in [5, 5.41) is 0. The molecule has 0 spiro atoms. The second-order valence-electron chi connectivity index (χ2n) is 6.21. The third-order valence-electron chi connectivity index (χ3n) is 5.15. The Morgan fingerprint density at radius 3 is 2.88 bits per heavy atom. The van der Waals surface area contributed by atoms with Gasteiger partial charge in [0.1, 0.15) is 0 Å². The largest absolute Gasteiger partial charge is 0.379 e. The second-order valence-corrected chi connectivity index (χ2v) is 6.21. The number of ether oxygens (including phenoxy) is 1. The van der Waals surface area contributed by atoms with Crippen LogP contribution in [0.25, 0.3) is 0 Å². The maximum atomic E-state index is 5.67. The molecular weight excluding hydrogens is 196 g/mol. The molecule has 2 bridgehead atoms. The van der Waals surface area contributed by atoms with Gasteiger partial charge in [0.15, 0.2) is 0 Å². The van der Waals surface area contributed by atoms with Crippen molar-refractivity contribution < 1.29 is 4.74 Å². The van der Waals surface area contributed by atoms with E-state index in [-0.39, 0.29) is 5.60 Å². The smallest absolute Gasteiger partial charge is 0.0651 e. The van der Waals surface area contributed by atoms with E-state index in [0.29, 0.717) is 5.92 Å². The fourth-order valence-electron chi connectivity index (χ4n) is 3.49. The molecule has 2 aliphatic carbocycles. The van der Waals surface area contributed by atoms with Crippen molar-refractivity contribution in [1.29, 1.82) is 0 Å². The molecule has 16 heavy (non-hydrogen) atoms. The molecule has 92 valence electrons. The highest BCUT2D eigenvalue weighted by Crippen LogP contribution is 2.45. The Hall–Kier alpha value is -0.300. The molecule has 0 radical (unpaired) electrons. The van der Waals surface area contributed by atoms with Crippen LogP contribution in [0, 0.1) is 17.8 Å². The van der Waals surface area contributed by atoms with Gasteiger partial charge < -0.3 is 4.74 Å². The number of allylic oxidation sites excluding steroid dienone is 2. The Morgan fingerprint density at radius 1 is 1.44 bits per heavy atom. The van der Waals surface area contributed by atoms with E-state index in [1.165, 1.54) is 32.1 Å². The summed E-state index contributed by atoms with van der Waals surface area (Å²) in [6.45, 7) is 6.85. The molecule has 1 nitrogen and oxygen atoms in total. The average Bonchev–Trinajstić information content (AvgIpc) is 2.29. The predicted octanol–water partition coefficient (Wildman–Crippen LogP) is 4.18. The number of methoxy groups -OCH3 is 1. The standard InChI is InChI=1S/C15H26O/c1-11(15(2,3)16-4)14-9-8-12-6-5-7-13(14)10-12/h8,11,13-14H,5-7,9-10H2,1-4H3. The first-order valence-corrected chi connectivity index (χ1v) is 6.77. The van der Waals surface area contributed by atoms with E-state index in [0.717, 1.165) is 11.8 Å². The summed E-state index contributed by atoms with van der Waals surface area (Å²) in [6.07, 6.45) is 9.38. The van der Waals surface area contributed by atoms with Gasteiger partial charge in [0.05, 0.1) is 5.60 Å². The summed E-state index contributed by atoms with van der Waals surface area (Å²) in [6, 6.07) is 0. The maximum Gasteiger partial charge on any atom is 0.0651 e. The Labute approximate surface area is 100 Å². The van der Waals surface area contributed by atoms with E-state index in [4.69, 9.17) is 4.74 Å². The average molecular weight is 222 g/mol. The lowest BCUT2D eigenvalue weighted by Gasteiger charge is -2.43. The molecule has 1 saturated carbocycles. The molecule has 3 atom stereocenters. The van der Waals surface area contributed by atoms with Crippen LogP contribution >= 0.6 is 0 Å². The van der Waals surface area contributed by atoms with Crippen molar-refractivity contribution in [3.63, 3.8) is 0 Å². The van der Waals surface area contributed by atoms with Crippen LogP contribution in [0.1, 0.15) is 52.9 Å². The fourth-order valence-corrected chi connectivity index (χ4v) is 3.49. The molecule has 0 heterocycles. The number of hydrogen-bond acceptors (Lipinski definition) is 1. The van der Waals surface area contributed by atoms with Gasteiger partial charge in [0, 0.05) is 7.11 Å². The zero-order valence-corrected chi connectivity index (χ0v) is 11.3. The quantitative estimate of drug-likeness (QED) is 0.651. The molecule has 0 N–H and O–H groups in total. The SMILES string of the molecule is COC(C)(C)C(C)C1CC=C2CCCC1C2. The van der Waals surface area contributed by atoms with E-state index in [2.05, 4.69) is 26.8 Å². The Bertz CT molecular complexity index is 277. The monoisotopic (exact) mass is 222 g/mol. The van der Waals surface area contributed by atoms with Crippen LogP contribution in [0.5, 0.6) is 0 Å². The van der Waals surface area contributed by atoms with Crippen molar-refractivity contribution in [2.24, 2.45) is 17.8 Å². The van der Waals surface area contributed by atoms with Crippen LogP contribution in [0.2, 0.25) is 0 Å². The van der Waals surface area contributed by atoms with Crippen molar-refractivity contribution >= 4 is 0 Å². The van der Waals surface area contributed by atoms with Gasteiger partial charge in [-0.3, -0.25) is 0 Å². The molecule has 3 unspecified atom stereocenters. The molecule has 0 aromatic heterocycles.